The lowest BCUT2D eigenvalue weighted by Crippen LogP contribution is -2.42. The van der Waals surface area contributed by atoms with Crippen LogP contribution in [-0.2, 0) is 28.7 Å². The first-order valence-corrected chi connectivity index (χ1v) is 9.18. The topological polar surface area (TPSA) is 107 Å². The van der Waals surface area contributed by atoms with E-state index in [0.29, 0.717) is 13.0 Å². The van der Waals surface area contributed by atoms with Gasteiger partial charge in [-0.3, -0.25) is 9.36 Å². The molecule has 0 spiro atoms. The second-order valence-corrected chi connectivity index (χ2v) is 7.60. The molecule has 0 saturated carbocycles. The molecule has 0 bridgehead atoms. The number of aliphatic carboxylic acids is 1. The lowest BCUT2D eigenvalue weighted by atomic mass is 9.86. The highest BCUT2D eigenvalue weighted by molar-refractivity contribution is 7.51. The first kappa shape index (κ1) is 16.1. The van der Waals surface area contributed by atoms with Gasteiger partial charge in [-0.25, -0.2) is 0 Å². The summed E-state index contributed by atoms with van der Waals surface area (Å²) in [4.78, 5) is 29.7. The predicted octanol–water partition coefficient (Wildman–Crippen LogP) is 1.66. The van der Waals surface area contributed by atoms with E-state index in [0.717, 1.165) is 27.5 Å². The molecule has 1 aliphatic heterocycles. The zero-order valence-electron chi connectivity index (χ0n) is 12.4. The lowest BCUT2D eigenvalue weighted by Gasteiger charge is -2.27. The van der Waals surface area contributed by atoms with E-state index in [2.05, 4.69) is 5.32 Å². The standard InChI is InChI=1S/C16H18NO5P/c18-16(19)15-8-14-11(9-17-15)7-10-3-1-2-4-12(10)13(14)5-6-23(20,21)22/h1-4,7,15,17H,5-6,8-9H2,(H,18,19)(H2,20,21,22). The minimum absolute atomic E-state index is 0.236. The van der Waals surface area contributed by atoms with Gasteiger partial charge in [-0.2, -0.15) is 0 Å². The highest BCUT2D eigenvalue weighted by Crippen LogP contribution is 2.37. The van der Waals surface area contributed by atoms with Crippen LogP contribution in [0.1, 0.15) is 16.7 Å². The summed E-state index contributed by atoms with van der Waals surface area (Å²) in [6.07, 6.45) is 0.324. The molecular formula is C16H18NO5P. The van der Waals surface area contributed by atoms with Crippen LogP contribution >= 0.6 is 7.60 Å². The number of hydrogen-bond acceptors (Lipinski definition) is 3. The van der Waals surface area contributed by atoms with E-state index in [1.165, 1.54) is 0 Å². The Hall–Kier alpha value is -1.72. The normalized spacial score (nSPS) is 17.9. The summed E-state index contributed by atoms with van der Waals surface area (Å²) in [6.45, 7) is 0.444. The Labute approximate surface area is 133 Å². The predicted molar refractivity (Wildman–Crippen MR) is 86.5 cm³/mol. The molecular weight excluding hydrogens is 317 g/mol. The van der Waals surface area contributed by atoms with Crippen molar-refractivity contribution in [2.24, 2.45) is 0 Å². The van der Waals surface area contributed by atoms with E-state index in [-0.39, 0.29) is 12.6 Å². The van der Waals surface area contributed by atoms with Crippen molar-refractivity contribution in [3.63, 3.8) is 0 Å². The molecule has 0 fully saturated rings. The van der Waals surface area contributed by atoms with E-state index in [9.17, 15) is 24.3 Å². The molecule has 1 heterocycles. The summed E-state index contributed by atoms with van der Waals surface area (Å²) in [5.41, 5.74) is 2.76. The van der Waals surface area contributed by atoms with Gasteiger partial charge < -0.3 is 20.2 Å². The van der Waals surface area contributed by atoms with Gasteiger partial charge in [0.05, 0.1) is 6.16 Å². The summed E-state index contributed by atoms with van der Waals surface area (Å²) in [7, 11) is -4.11. The Morgan fingerprint density at radius 2 is 2.04 bits per heavy atom. The average Bonchev–Trinajstić information content (AvgIpc) is 2.49. The maximum atomic E-state index is 11.3. The van der Waals surface area contributed by atoms with Crippen molar-refractivity contribution in [1.82, 2.24) is 5.32 Å². The number of nitrogens with one attached hydrogen (secondary N) is 1. The quantitative estimate of drug-likeness (QED) is 0.633. The van der Waals surface area contributed by atoms with Crippen LogP contribution in [0, 0.1) is 0 Å². The largest absolute Gasteiger partial charge is 0.480 e. The van der Waals surface area contributed by atoms with Gasteiger partial charge in [0, 0.05) is 6.54 Å². The van der Waals surface area contributed by atoms with Gasteiger partial charge in [0.1, 0.15) is 6.04 Å². The molecule has 4 N–H and O–H groups in total. The van der Waals surface area contributed by atoms with Crippen molar-refractivity contribution >= 4 is 24.3 Å². The molecule has 1 unspecified atom stereocenters. The third kappa shape index (κ3) is 3.46. The molecule has 0 aromatic heterocycles. The van der Waals surface area contributed by atoms with Crippen LogP contribution < -0.4 is 5.32 Å². The molecule has 1 atom stereocenters. The Bertz CT molecular complexity index is 813. The molecule has 3 rings (SSSR count). The molecule has 0 saturated heterocycles. The number of carboxylic acid groups (broad SMARTS) is 1. The maximum absolute atomic E-state index is 11.3. The fourth-order valence-corrected chi connectivity index (χ4v) is 3.68. The van der Waals surface area contributed by atoms with Gasteiger partial charge in [-0.1, -0.05) is 24.3 Å². The van der Waals surface area contributed by atoms with Gasteiger partial charge in [-0.05, 0) is 46.4 Å². The first-order valence-electron chi connectivity index (χ1n) is 7.38. The molecule has 6 nitrogen and oxygen atoms in total. The summed E-state index contributed by atoms with van der Waals surface area (Å²) in [6, 6.07) is 9.03. The zero-order chi connectivity index (χ0) is 16.6. The van der Waals surface area contributed by atoms with Gasteiger partial charge in [-0.15, -0.1) is 0 Å². The van der Waals surface area contributed by atoms with E-state index in [1.54, 1.807) is 0 Å². The van der Waals surface area contributed by atoms with Crippen molar-refractivity contribution in [2.45, 2.75) is 25.4 Å². The van der Waals surface area contributed by atoms with Gasteiger partial charge in [0.2, 0.25) is 0 Å². The van der Waals surface area contributed by atoms with Crippen LogP contribution in [0.25, 0.3) is 10.8 Å². The summed E-state index contributed by atoms with van der Waals surface area (Å²) < 4.78 is 11.3. The number of hydrogen-bond donors (Lipinski definition) is 4. The minimum atomic E-state index is -4.11. The Morgan fingerprint density at radius 1 is 1.30 bits per heavy atom. The van der Waals surface area contributed by atoms with Gasteiger partial charge in [0.15, 0.2) is 0 Å². The molecule has 0 aliphatic carbocycles. The summed E-state index contributed by atoms with van der Waals surface area (Å²) in [5.74, 6) is -0.912. The number of fused-ring (bicyclic) bond motifs is 2. The molecule has 7 heteroatoms. The second kappa shape index (κ2) is 6.06. The van der Waals surface area contributed by atoms with Gasteiger partial charge in [0.25, 0.3) is 0 Å². The monoisotopic (exact) mass is 335 g/mol. The zero-order valence-corrected chi connectivity index (χ0v) is 13.3. The first-order chi connectivity index (χ1) is 10.8. The van der Waals surface area contributed by atoms with Crippen molar-refractivity contribution in [3.05, 3.63) is 47.0 Å². The van der Waals surface area contributed by atoms with Crippen molar-refractivity contribution < 1.29 is 24.3 Å². The molecule has 23 heavy (non-hydrogen) atoms. The SMILES string of the molecule is O=C(O)C1Cc2c(cc3ccccc3c2CCP(=O)(O)O)CN1. The van der Waals surface area contributed by atoms with E-state index in [1.807, 2.05) is 30.3 Å². The third-order valence-corrected chi connectivity index (χ3v) is 5.07. The molecule has 2 aromatic carbocycles. The fraction of sp³-hybridized carbons (Fsp3) is 0.312. The van der Waals surface area contributed by atoms with Gasteiger partial charge >= 0.3 is 13.6 Å². The van der Waals surface area contributed by atoms with E-state index < -0.39 is 19.6 Å². The Kier molecular flexibility index (Phi) is 4.25. The molecule has 0 radical (unpaired) electrons. The van der Waals surface area contributed by atoms with Crippen molar-refractivity contribution in [2.75, 3.05) is 6.16 Å². The number of carbonyl (C=O) groups is 1. The Morgan fingerprint density at radius 3 is 2.74 bits per heavy atom. The number of benzene rings is 2. The number of rotatable bonds is 4. The smallest absolute Gasteiger partial charge is 0.325 e. The van der Waals surface area contributed by atoms with Crippen LogP contribution in [0.15, 0.2) is 30.3 Å². The molecule has 2 aromatic rings. The fourth-order valence-electron chi connectivity index (χ4n) is 3.17. The molecule has 0 amide bonds. The van der Waals surface area contributed by atoms with Crippen LogP contribution in [0.5, 0.6) is 0 Å². The summed E-state index contributed by atoms with van der Waals surface area (Å²) >= 11 is 0. The van der Waals surface area contributed by atoms with Crippen molar-refractivity contribution in [1.29, 1.82) is 0 Å². The number of carboxylic acids is 1. The highest BCUT2D eigenvalue weighted by atomic mass is 31.2. The molecule has 1 aliphatic rings. The summed E-state index contributed by atoms with van der Waals surface area (Å²) in [5, 5.41) is 14.2. The Balaban J connectivity index is 2.11. The maximum Gasteiger partial charge on any atom is 0.325 e. The van der Waals surface area contributed by atoms with Crippen LogP contribution in [0.4, 0.5) is 0 Å². The second-order valence-electron chi connectivity index (χ2n) is 5.83. The third-order valence-electron chi connectivity index (χ3n) is 4.27. The van der Waals surface area contributed by atoms with E-state index >= 15 is 0 Å². The average molecular weight is 335 g/mol. The highest BCUT2D eigenvalue weighted by Gasteiger charge is 2.27. The minimum Gasteiger partial charge on any atom is -0.480 e. The van der Waals surface area contributed by atoms with Crippen LogP contribution in [-0.4, -0.2) is 33.1 Å². The van der Waals surface area contributed by atoms with Crippen molar-refractivity contribution in [3.8, 4) is 0 Å². The lowest BCUT2D eigenvalue weighted by molar-refractivity contribution is -0.139. The number of aryl methyl sites for hydroxylation is 1. The van der Waals surface area contributed by atoms with Crippen LogP contribution in [0.2, 0.25) is 0 Å². The van der Waals surface area contributed by atoms with Crippen LogP contribution in [0.3, 0.4) is 0 Å². The molecule has 122 valence electrons. The van der Waals surface area contributed by atoms with E-state index in [4.69, 9.17) is 0 Å².